The van der Waals surface area contributed by atoms with Crippen molar-refractivity contribution >= 4 is 11.8 Å². The number of hydrogen-bond donors (Lipinski definition) is 1. The number of hydrogen-bond acceptors (Lipinski definition) is 3. The minimum absolute atomic E-state index is 0.00399. The Labute approximate surface area is 166 Å². The number of aryl methyl sites for hydroxylation is 1. The first kappa shape index (κ1) is 20.1. The lowest BCUT2D eigenvalue weighted by molar-refractivity contribution is -0.124. The summed E-state index contributed by atoms with van der Waals surface area (Å²) in [5.74, 6) is -0.272. The molecule has 0 spiro atoms. The van der Waals surface area contributed by atoms with Gasteiger partial charge in [0.05, 0.1) is 5.92 Å². The van der Waals surface area contributed by atoms with Crippen LogP contribution in [0.5, 0.6) is 0 Å². The van der Waals surface area contributed by atoms with Crippen LogP contribution in [0.3, 0.4) is 0 Å². The third-order valence-electron chi connectivity index (χ3n) is 5.29. The maximum Gasteiger partial charge on any atom is 0.253 e. The molecule has 1 saturated heterocycles. The van der Waals surface area contributed by atoms with Gasteiger partial charge in [0.15, 0.2) is 0 Å². The summed E-state index contributed by atoms with van der Waals surface area (Å²) in [5, 5.41) is 3.01. The number of likely N-dealkylation sites (tertiary alicyclic amines) is 1. The van der Waals surface area contributed by atoms with E-state index in [0.29, 0.717) is 31.8 Å². The summed E-state index contributed by atoms with van der Waals surface area (Å²) in [4.78, 5) is 27.6. The Hall–Kier alpha value is -2.66. The molecular weight excluding hydrogens is 352 g/mol. The van der Waals surface area contributed by atoms with E-state index in [4.69, 9.17) is 4.74 Å². The van der Waals surface area contributed by atoms with E-state index in [1.165, 1.54) is 5.56 Å². The Morgan fingerprint density at radius 2 is 1.79 bits per heavy atom. The van der Waals surface area contributed by atoms with Crippen molar-refractivity contribution in [2.75, 3.05) is 33.4 Å². The summed E-state index contributed by atoms with van der Waals surface area (Å²) in [6.07, 6.45) is 0.775. The molecule has 3 rings (SSSR count). The Balaban J connectivity index is 1.77. The topological polar surface area (TPSA) is 58.6 Å². The zero-order valence-electron chi connectivity index (χ0n) is 16.6. The summed E-state index contributed by atoms with van der Waals surface area (Å²) in [5.41, 5.74) is 2.94. The highest BCUT2D eigenvalue weighted by Crippen LogP contribution is 2.34. The highest BCUT2D eigenvalue weighted by Gasteiger charge is 2.40. The van der Waals surface area contributed by atoms with Crippen LogP contribution in [-0.4, -0.2) is 50.1 Å². The predicted molar refractivity (Wildman–Crippen MR) is 109 cm³/mol. The van der Waals surface area contributed by atoms with Crippen molar-refractivity contribution in [3.8, 4) is 0 Å². The normalized spacial score (nSPS) is 18.9. The summed E-state index contributed by atoms with van der Waals surface area (Å²) in [6.45, 7) is 4.22. The van der Waals surface area contributed by atoms with Crippen molar-refractivity contribution in [2.45, 2.75) is 19.3 Å². The van der Waals surface area contributed by atoms with Crippen LogP contribution >= 0.6 is 0 Å². The second-order valence-corrected chi connectivity index (χ2v) is 7.34. The van der Waals surface area contributed by atoms with Crippen LogP contribution in [-0.2, 0) is 9.53 Å². The van der Waals surface area contributed by atoms with Gasteiger partial charge >= 0.3 is 0 Å². The maximum atomic E-state index is 12.9. The first-order chi connectivity index (χ1) is 13.6. The van der Waals surface area contributed by atoms with E-state index in [1.54, 1.807) is 12.0 Å². The second kappa shape index (κ2) is 9.51. The van der Waals surface area contributed by atoms with Gasteiger partial charge in [0.2, 0.25) is 5.91 Å². The monoisotopic (exact) mass is 380 g/mol. The van der Waals surface area contributed by atoms with Crippen molar-refractivity contribution in [3.63, 3.8) is 0 Å². The Morgan fingerprint density at radius 3 is 2.46 bits per heavy atom. The van der Waals surface area contributed by atoms with E-state index in [9.17, 15) is 9.59 Å². The molecule has 0 aromatic heterocycles. The summed E-state index contributed by atoms with van der Waals surface area (Å²) in [6, 6.07) is 17.5. The molecule has 1 aliphatic heterocycles. The van der Waals surface area contributed by atoms with Gasteiger partial charge in [-0.1, -0.05) is 48.0 Å². The van der Waals surface area contributed by atoms with Gasteiger partial charge < -0.3 is 15.0 Å². The lowest BCUT2D eigenvalue weighted by atomic mass is 9.88. The van der Waals surface area contributed by atoms with Crippen molar-refractivity contribution in [1.82, 2.24) is 10.2 Å². The van der Waals surface area contributed by atoms with E-state index >= 15 is 0 Å². The first-order valence-electron chi connectivity index (χ1n) is 9.77. The van der Waals surface area contributed by atoms with Crippen molar-refractivity contribution in [1.29, 1.82) is 0 Å². The van der Waals surface area contributed by atoms with Crippen LogP contribution < -0.4 is 5.32 Å². The zero-order valence-corrected chi connectivity index (χ0v) is 16.6. The van der Waals surface area contributed by atoms with E-state index < -0.39 is 0 Å². The van der Waals surface area contributed by atoms with Crippen LogP contribution in [0.2, 0.25) is 0 Å². The molecule has 2 aromatic rings. The van der Waals surface area contributed by atoms with Gasteiger partial charge in [-0.3, -0.25) is 9.59 Å². The van der Waals surface area contributed by atoms with Crippen LogP contribution in [0.25, 0.3) is 0 Å². The largest absolute Gasteiger partial charge is 0.385 e. The average Bonchev–Trinajstić information content (AvgIpc) is 3.17. The lowest BCUT2D eigenvalue weighted by Crippen LogP contribution is -2.36. The SMILES string of the molecule is COCCCNC(=O)[C@@H]1CN(C(=O)c2ccccc2)C[C@H]1c1ccc(C)cc1. The fraction of sp³-hybridized carbons (Fsp3) is 0.391. The van der Waals surface area contributed by atoms with E-state index in [2.05, 4.69) is 29.6 Å². The summed E-state index contributed by atoms with van der Waals surface area (Å²) in [7, 11) is 1.65. The number of methoxy groups -OCH3 is 1. The lowest BCUT2D eigenvalue weighted by Gasteiger charge is -2.18. The molecule has 28 heavy (non-hydrogen) atoms. The molecule has 1 N–H and O–H groups in total. The van der Waals surface area contributed by atoms with Crippen LogP contribution in [0.4, 0.5) is 0 Å². The Morgan fingerprint density at radius 1 is 1.07 bits per heavy atom. The Bertz CT molecular complexity index is 789. The number of carbonyl (C=O) groups excluding carboxylic acids is 2. The molecule has 5 heteroatoms. The van der Waals surface area contributed by atoms with Crippen LogP contribution in [0.15, 0.2) is 54.6 Å². The second-order valence-electron chi connectivity index (χ2n) is 7.34. The molecule has 2 aromatic carbocycles. The van der Waals surface area contributed by atoms with Gasteiger partial charge in [-0.05, 0) is 31.0 Å². The molecular formula is C23H28N2O3. The summed E-state index contributed by atoms with van der Waals surface area (Å²) < 4.78 is 5.04. The maximum absolute atomic E-state index is 12.9. The molecule has 0 radical (unpaired) electrons. The van der Waals surface area contributed by atoms with Crippen molar-refractivity contribution in [3.05, 3.63) is 71.3 Å². The number of benzene rings is 2. The molecule has 148 valence electrons. The molecule has 5 nitrogen and oxygen atoms in total. The molecule has 0 unspecified atom stereocenters. The van der Waals surface area contributed by atoms with Crippen LogP contribution in [0.1, 0.15) is 33.8 Å². The number of nitrogens with one attached hydrogen (secondary N) is 1. The predicted octanol–water partition coefficient (Wildman–Crippen LogP) is 3.00. The summed E-state index contributed by atoms with van der Waals surface area (Å²) >= 11 is 0. The molecule has 1 aliphatic rings. The van der Waals surface area contributed by atoms with E-state index in [-0.39, 0.29) is 23.7 Å². The number of amides is 2. The highest BCUT2D eigenvalue weighted by atomic mass is 16.5. The smallest absolute Gasteiger partial charge is 0.253 e. The minimum Gasteiger partial charge on any atom is -0.385 e. The average molecular weight is 380 g/mol. The van der Waals surface area contributed by atoms with E-state index in [0.717, 1.165) is 12.0 Å². The molecule has 2 amide bonds. The van der Waals surface area contributed by atoms with Gasteiger partial charge in [-0.2, -0.15) is 0 Å². The van der Waals surface area contributed by atoms with E-state index in [1.807, 2.05) is 37.3 Å². The van der Waals surface area contributed by atoms with Gasteiger partial charge in [0.1, 0.15) is 0 Å². The third kappa shape index (κ3) is 4.78. The fourth-order valence-electron chi connectivity index (χ4n) is 3.71. The first-order valence-corrected chi connectivity index (χ1v) is 9.77. The van der Waals surface area contributed by atoms with Gasteiger partial charge in [-0.15, -0.1) is 0 Å². The van der Waals surface area contributed by atoms with Crippen molar-refractivity contribution < 1.29 is 14.3 Å². The molecule has 1 fully saturated rings. The minimum atomic E-state index is -0.252. The van der Waals surface area contributed by atoms with Gasteiger partial charge in [0.25, 0.3) is 5.91 Å². The van der Waals surface area contributed by atoms with Gasteiger partial charge in [-0.25, -0.2) is 0 Å². The van der Waals surface area contributed by atoms with Crippen molar-refractivity contribution in [2.24, 2.45) is 5.92 Å². The zero-order chi connectivity index (χ0) is 19.9. The van der Waals surface area contributed by atoms with Gasteiger partial charge in [0, 0.05) is 44.8 Å². The molecule has 2 atom stereocenters. The standard InChI is InChI=1S/C23H28N2O3/c1-17-9-11-18(12-10-17)20-15-25(23(27)19-7-4-3-5-8-19)16-21(20)22(26)24-13-6-14-28-2/h3-5,7-12,20-21H,6,13-16H2,1-2H3,(H,24,26)/t20-,21+/m0/s1. The quantitative estimate of drug-likeness (QED) is 0.751. The number of nitrogens with zero attached hydrogens (tertiary/aromatic N) is 1. The highest BCUT2D eigenvalue weighted by molar-refractivity contribution is 5.95. The number of carbonyl (C=O) groups is 2. The fourth-order valence-corrected chi connectivity index (χ4v) is 3.71. The molecule has 0 aliphatic carbocycles. The molecule has 0 saturated carbocycles. The van der Waals surface area contributed by atoms with Crippen LogP contribution in [0, 0.1) is 12.8 Å². The number of ether oxygens (including phenoxy) is 1. The molecule has 1 heterocycles. The number of rotatable bonds is 7. The molecule has 0 bridgehead atoms. The third-order valence-corrected chi connectivity index (χ3v) is 5.29. The Kier molecular flexibility index (Phi) is 6.82.